The van der Waals surface area contributed by atoms with E-state index in [9.17, 15) is 10.1 Å². The molecule has 1 aromatic carbocycles. The van der Waals surface area contributed by atoms with Crippen molar-refractivity contribution in [3.05, 3.63) is 33.9 Å². The maximum Gasteiger partial charge on any atom is 0.275 e. The molecule has 0 heterocycles. The Labute approximate surface area is 79.6 Å². The fourth-order valence-corrected chi connectivity index (χ4v) is 1.16. The first kappa shape index (κ1) is 9.76. The van der Waals surface area contributed by atoms with E-state index in [1.807, 2.05) is 0 Å². The van der Waals surface area contributed by atoms with E-state index in [2.05, 4.69) is 5.43 Å². The summed E-state index contributed by atoms with van der Waals surface area (Å²) >= 11 is 5.52. The Kier molecular flexibility index (Phi) is 3.05. The lowest BCUT2D eigenvalue weighted by Crippen LogP contribution is -2.07. The predicted molar refractivity (Wildman–Crippen MR) is 50.5 cm³/mol. The third kappa shape index (κ3) is 2.07. The number of hydrazine groups is 1. The number of nitrogens with two attached hydrogens (primary N) is 1. The fourth-order valence-electron chi connectivity index (χ4n) is 0.937. The summed E-state index contributed by atoms with van der Waals surface area (Å²) in [5, 5.41) is 10.5. The van der Waals surface area contributed by atoms with Gasteiger partial charge in [0.15, 0.2) is 0 Å². The van der Waals surface area contributed by atoms with Crippen LogP contribution in [0.3, 0.4) is 0 Å². The van der Waals surface area contributed by atoms with Gasteiger partial charge < -0.3 is 5.43 Å². The summed E-state index contributed by atoms with van der Waals surface area (Å²) in [4.78, 5) is 10.0. The van der Waals surface area contributed by atoms with Crippen LogP contribution in [0.1, 0.15) is 5.56 Å². The predicted octanol–water partition coefficient (Wildman–Crippen LogP) is 1.62. The molecule has 1 rings (SSSR count). The van der Waals surface area contributed by atoms with E-state index < -0.39 is 4.92 Å². The van der Waals surface area contributed by atoms with Gasteiger partial charge in [-0.3, -0.25) is 16.0 Å². The number of benzene rings is 1. The van der Waals surface area contributed by atoms with Crippen LogP contribution in [0.25, 0.3) is 0 Å². The molecule has 6 heteroatoms. The molecule has 0 saturated carbocycles. The highest BCUT2D eigenvalue weighted by Gasteiger charge is 2.12. The molecular weight excluding hydrogens is 194 g/mol. The zero-order valence-electron chi connectivity index (χ0n) is 6.66. The van der Waals surface area contributed by atoms with Gasteiger partial charge in [-0.25, -0.2) is 0 Å². The van der Waals surface area contributed by atoms with Gasteiger partial charge in [-0.05, 0) is 12.1 Å². The third-order valence-electron chi connectivity index (χ3n) is 1.59. The van der Waals surface area contributed by atoms with Crippen molar-refractivity contribution in [3.8, 4) is 0 Å². The van der Waals surface area contributed by atoms with Gasteiger partial charge in [-0.1, -0.05) is 0 Å². The minimum atomic E-state index is -0.488. The van der Waals surface area contributed by atoms with Crippen LogP contribution in [0, 0.1) is 10.1 Å². The summed E-state index contributed by atoms with van der Waals surface area (Å²) in [6.45, 7) is 0. The Morgan fingerprint density at radius 1 is 1.62 bits per heavy atom. The van der Waals surface area contributed by atoms with Gasteiger partial charge in [0.25, 0.3) is 5.69 Å². The molecular formula is C7H8ClN3O2. The minimum absolute atomic E-state index is 0.0227. The molecule has 1 aromatic rings. The molecule has 0 radical (unpaired) electrons. The van der Waals surface area contributed by atoms with Crippen molar-refractivity contribution >= 4 is 23.0 Å². The average Bonchev–Trinajstić information content (AvgIpc) is 2.16. The quantitative estimate of drug-likeness (QED) is 0.337. The van der Waals surface area contributed by atoms with Crippen molar-refractivity contribution in [2.45, 2.75) is 5.88 Å². The summed E-state index contributed by atoms with van der Waals surface area (Å²) in [5.41, 5.74) is 3.27. The second kappa shape index (κ2) is 4.06. The lowest BCUT2D eigenvalue weighted by molar-refractivity contribution is -0.385. The standard InChI is InChI=1S/C7H8ClN3O2/c8-4-5-1-2-6(10-9)3-7(5)11(12)13/h1-3,10H,4,9H2. The number of hydrogen-bond acceptors (Lipinski definition) is 4. The Balaban J connectivity index is 3.18. The molecule has 0 aliphatic carbocycles. The van der Waals surface area contributed by atoms with E-state index in [1.165, 1.54) is 6.07 Å². The number of anilines is 1. The van der Waals surface area contributed by atoms with Gasteiger partial charge in [-0.15, -0.1) is 11.6 Å². The number of alkyl halides is 1. The average molecular weight is 202 g/mol. The molecule has 13 heavy (non-hydrogen) atoms. The first-order valence-electron chi connectivity index (χ1n) is 3.49. The van der Waals surface area contributed by atoms with E-state index in [-0.39, 0.29) is 11.6 Å². The lowest BCUT2D eigenvalue weighted by atomic mass is 10.2. The van der Waals surface area contributed by atoms with Crippen molar-refractivity contribution in [1.82, 2.24) is 0 Å². The molecule has 0 bridgehead atoms. The number of nitrogens with one attached hydrogen (secondary N) is 1. The number of halogens is 1. The molecule has 5 nitrogen and oxygen atoms in total. The van der Waals surface area contributed by atoms with Crippen molar-refractivity contribution in [1.29, 1.82) is 0 Å². The smallest absolute Gasteiger partial charge is 0.275 e. The normalized spacial score (nSPS) is 9.69. The SMILES string of the molecule is NNc1ccc(CCl)c([N+](=O)[O-])c1. The number of nitro benzene ring substituents is 1. The van der Waals surface area contributed by atoms with E-state index in [0.29, 0.717) is 11.3 Å². The van der Waals surface area contributed by atoms with Crippen molar-refractivity contribution < 1.29 is 4.92 Å². The number of hydrogen-bond donors (Lipinski definition) is 2. The zero-order valence-corrected chi connectivity index (χ0v) is 7.41. The van der Waals surface area contributed by atoms with Crippen LogP contribution in [-0.2, 0) is 5.88 Å². The lowest BCUT2D eigenvalue weighted by Gasteiger charge is -2.02. The molecule has 0 spiro atoms. The highest BCUT2D eigenvalue weighted by molar-refractivity contribution is 6.17. The van der Waals surface area contributed by atoms with Crippen molar-refractivity contribution in [3.63, 3.8) is 0 Å². The van der Waals surface area contributed by atoms with Gasteiger partial charge in [0.2, 0.25) is 0 Å². The van der Waals surface area contributed by atoms with Crippen LogP contribution in [0.2, 0.25) is 0 Å². The van der Waals surface area contributed by atoms with Gasteiger partial charge in [-0.2, -0.15) is 0 Å². The van der Waals surface area contributed by atoms with E-state index >= 15 is 0 Å². The Hall–Kier alpha value is -1.33. The van der Waals surface area contributed by atoms with Crippen LogP contribution >= 0.6 is 11.6 Å². The molecule has 0 aromatic heterocycles. The second-order valence-corrected chi connectivity index (χ2v) is 2.65. The topological polar surface area (TPSA) is 81.2 Å². The molecule has 0 atom stereocenters. The van der Waals surface area contributed by atoms with Crippen LogP contribution in [0.4, 0.5) is 11.4 Å². The fraction of sp³-hybridized carbons (Fsp3) is 0.143. The maximum absolute atomic E-state index is 10.5. The second-order valence-electron chi connectivity index (χ2n) is 2.38. The summed E-state index contributed by atoms with van der Waals surface area (Å²) in [5.74, 6) is 5.22. The first-order valence-corrected chi connectivity index (χ1v) is 4.02. The zero-order chi connectivity index (χ0) is 9.84. The summed E-state index contributed by atoms with van der Waals surface area (Å²) in [6.07, 6.45) is 0. The van der Waals surface area contributed by atoms with E-state index in [4.69, 9.17) is 17.4 Å². The van der Waals surface area contributed by atoms with Crippen molar-refractivity contribution in [2.75, 3.05) is 5.43 Å². The van der Waals surface area contributed by atoms with Gasteiger partial charge >= 0.3 is 0 Å². The van der Waals surface area contributed by atoms with E-state index in [1.54, 1.807) is 12.1 Å². The number of nitro groups is 1. The van der Waals surface area contributed by atoms with Gasteiger partial charge in [0.05, 0.1) is 16.5 Å². The van der Waals surface area contributed by atoms with Crippen LogP contribution in [0.15, 0.2) is 18.2 Å². The Morgan fingerprint density at radius 3 is 2.77 bits per heavy atom. The Bertz CT molecular complexity index is 330. The molecule has 0 aliphatic rings. The van der Waals surface area contributed by atoms with Gasteiger partial charge in [0, 0.05) is 11.6 Å². The summed E-state index contributed by atoms with van der Waals surface area (Å²) in [7, 11) is 0. The van der Waals surface area contributed by atoms with Crippen LogP contribution in [0.5, 0.6) is 0 Å². The highest BCUT2D eigenvalue weighted by atomic mass is 35.5. The number of nitrogen functional groups attached to an aromatic ring is 1. The summed E-state index contributed by atoms with van der Waals surface area (Å²) < 4.78 is 0. The molecule has 0 amide bonds. The largest absolute Gasteiger partial charge is 0.324 e. The van der Waals surface area contributed by atoms with Crippen LogP contribution in [-0.4, -0.2) is 4.92 Å². The molecule has 0 saturated heterocycles. The molecule has 3 N–H and O–H groups in total. The third-order valence-corrected chi connectivity index (χ3v) is 1.88. The Morgan fingerprint density at radius 2 is 2.31 bits per heavy atom. The minimum Gasteiger partial charge on any atom is -0.324 e. The molecule has 70 valence electrons. The van der Waals surface area contributed by atoms with Gasteiger partial charge in [0.1, 0.15) is 0 Å². The monoisotopic (exact) mass is 201 g/mol. The first-order chi connectivity index (χ1) is 6.19. The molecule has 0 aliphatic heterocycles. The number of nitrogens with zero attached hydrogens (tertiary/aromatic N) is 1. The highest BCUT2D eigenvalue weighted by Crippen LogP contribution is 2.23. The molecule has 0 fully saturated rings. The van der Waals surface area contributed by atoms with Crippen molar-refractivity contribution in [2.24, 2.45) is 5.84 Å². The summed E-state index contributed by atoms with van der Waals surface area (Å²) in [6, 6.07) is 4.54. The molecule has 0 unspecified atom stereocenters. The van der Waals surface area contributed by atoms with Crippen LogP contribution < -0.4 is 11.3 Å². The van der Waals surface area contributed by atoms with E-state index in [0.717, 1.165) is 0 Å². The number of rotatable bonds is 3. The maximum atomic E-state index is 10.5.